The Morgan fingerprint density at radius 3 is 2.77 bits per heavy atom. The summed E-state index contributed by atoms with van der Waals surface area (Å²) < 4.78 is 13.7. The summed E-state index contributed by atoms with van der Waals surface area (Å²) >= 11 is 2.97. The van der Waals surface area contributed by atoms with Crippen molar-refractivity contribution >= 4 is 40.1 Å². The van der Waals surface area contributed by atoms with Crippen LogP contribution in [0.1, 0.15) is 34.2 Å². The number of hydrogen-bond donors (Lipinski definition) is 0. The molecule has 10 heteroatoms. The van der Waals surface area contributed by atoms with E-state index in [-0.39, 0.29) is 17.3 Å². The number of ether oxygens (including phenoxy) is 1. The van der Waals surface area contributed by atoms with Crippen LogP contribution in [-0.4, -0.2) is 16.6 Å². The van der Waals surface area contributed by atoms with Gasteiger partial charge >= 0.3 is 0 Å². The van der Waals surface area contributed by atoms with Crippen molar-refractivity contribution in [3.8, 4) is 17.1 Å². The fourth-order valence-corrected chi connectivity index (χ4v) is 7.25. The number of aromatic nitrogens is 1. The van der Waals surface area contributed by atoms with Gasteiger partial charge in [0.05, 0.1) is 33.9 Å². The number of nitro benzene ring substituents is 1. The fraction of sp³-hybridized carbons (Fsp3) is 0.133. The molecule has 1 aliphatic heterocycles. The maximum atomic E-state index is 13.9. The summed E-state index contributed by atoms with van der Waals surface area (Å²) in [5, 5.41) is 13.4. The highest BCUT2D eigenvalue weighted by Crippen LogP contribution is 2.42. The van der Waals surface area contributed by atoms with E-state index in [0.29, 0.717) is 32.2 Å². The lowest BCUT2D eigenvalue weighted by atomic mass is 9.85. The minimum atomic E-state index is -0.463. The van der Waals surface area contributed by atoms with Crippen LogP contribution in [0.15, 0.2) is 91.9 Å². The summed E-state index contributed by atoms with van der Waals surface area (Å²) in [6, 6.07) is 20.0. The summed E-state index contributed by atoms with van der Waals surface area (Å²) in [5.74, 6) is 1.31. The standard InChI is InChI=1S/C30H21N3O5S2/c1-37-23-12-9-18(33(35)36)15-22(23)24-13-10-19(38-24)16-26-29(34)32-28(25-7-4-14-39-25)21-11-8-17-5-2-3-6-20(17)27(21)31-30(32)40-26/h2-7,9-10,12-16,28H,8,11H2,1H3/b26-16+/t28-/m1/s1. The first kappa shape index (κ1) is 24.5. The van der Waals surface area contributed by atoms with Crippen LogP contribution in [-0.2, 0) is 6.42 Å². The molecule has 40 heavy (non-hydrogen) atoms. The second-order valence-electron chi connectivity index (χ2n) is 9.47. The zero-order valence-electron chi connectivity index (χ0n) is 21.2. The van der Waals surface area contributed by atoms with Gasteiger partial charge in [0.2, 0.25) is 0 Å². The van der Waals surface area contributed by atoms with Gasteiger partial charge in [-0.2, -0.15) is 0 Å². The zero-order chi connectivity index (χ0) is 27.4. The molecule has 0 radical (unpaired) electrons. The smallest absolute Gasteiger partial charge is 0.271 e. The van der Waals surface area contributed by atoms with Gasteiger partial charge in [-0.05, 0) is 53.6 Å². The van der Waals surface area contributed by atoms with E-state index in [4.69, 9.17) is 14.1 Å². The fourth-order valence-electron chi connectivity index (χ4n) is 5.42. The molecule has 4 heterocycles. The normalized spacial score (nSPS) is 16.2. The Labute approximate surface area is 235 Å². The van der Waals surface area contributed by atoms with Crippen LogP contribution < -0.4 is 19.6 Å². The van der Waals surface area contributed by atoms with E-state index in [1.165, 1.54) is 42.2 Å². The number of methoxy groups -OCH3 is 1. The van der Waals surface area contributed by atoms with Crippen molar-refractivity contribution in [2.75, 3.05) is 7.11 Å². The Kier molecular flexibility index (Phi) is 5.87. The highest BCUT2D eigenvalue weighted by atomic mass is 32.1. The molecule has 2 aliphatic rings. The molecular formula is C30H21N3O5S2. The third-order valence-corrected chi connectivity index (χ3v) is 9.15. The van der Waals surface area contributed by atoms with Gasteiger partial charge in [0, 0.05) is 28.6 Å². The monoisotopic (exact) mass is 567 g/mol. The average Bonchev–Trinajstić information content (AvgIpc) is 3.73. The molecule has 8 nitrogen and oxygen atoms in total. The number of furan rings is 1. The number of fused-ring (bicyclic) bond motifs is 3. The number of thiazole rings is 1. The summed E-state index contributed by atoms with van der Waals surface area (Å²) in [6.07, 6.45) is 3.46. The van der Waals surface area contributed by atoms with E-state index in [0.717, 1.165) is 34.6 Å². The Hall–Kier alpha value is -4.54. The topological polar surface area (TPSA) is 99.9 Å². The Morgan fingerprint density at radius 1 is 1.10 bits per heavy atom. The highest BCUT2D eigenvalue weighted by molar-refractivity contribution is 7.10. The molecule has 0 unspecified atom stereocenters. The van der Waals surface area contributed by atoms with Gasteiger partial charge in [0.1, 0.15) is 17.3 Å². The Balaban J connectivity index is 1.36. The largest absolute Gasteiger partial charge is 0.496 e. The summed E-state index contributed by atoms with van der Waals surface area (Å²) in [4.78, 5) is 31.5. The van der Waals surface area contributed by atoms with Crippen molar-refractivity contribution in [3.63, 3.8) is 0 Å². The molecular weight excluding hydrogens is 546 g/mol. The third-order valence-electron chi connectivity index (χ3n) is 7.25. The molecule has 0 saturated heterocycles. The Morgan fingerprint density at radius 2 is 1.98 bits per heavy atom. The molecule has 0 saturated carbocycles. The summed E-state index contributed by atoms with van der Waals surface area (Å²) in [7, 11) is 1.50. The van der Waals surface area contributed by atoms with Gasteiger partial charge in [0.15, 0.2) is 4.80 Å². The number of rotatable bonds is 5. The SMILES string of the molecule is COc1ccc([N+](=O)[O-])cc1-c1ccc(/C=c2/sc3n(c2=O)[C@@H](c2cccs2)C2=C(N=3)c3ccccc3CC2)o1. The van der Waals surface area contributed by atoms with Gasteiger partial charge in [-0.25, -0.2) is 4.99 Å². The second kappa shape index (κ2) is 9.58. The first-order valence-electron chi connectivity index (χ1n) is 12.6. The molecule has 0 bridgehead atoms. The molecule has 3 aromatic heterocycles. The maximum Gasteiger partial charge on any atom is 0.271 e. The van der Waals surface area contributed by atoms with Crippen LogP contribution in [0.5, 0.6) is 5.75 Å². The molecule has 198 valence electrons. The van der Waals surface area contributed by atoms with Crippen molar-refractivity contribution in [2.45, 2.75) is 18.9 Å². The van der Waals surface area contributed by atoms with Crippen LogP contribution in [0.3, 0.4) is 0 Å². The van der Waals surface area contributed by atoms with E-state index in [2.05, 4.69) is 24.3 Å². The summed E-state index contributed by atoms with van der Waals surface area (Å²) in [6.45, 7) is 0. The van der Waals surface area contributed by atoms with Gasteiger partial charge in [0.25, 0.3) is 11.2 Å². The number of nitro groups is 1. The van der Waals surface area contributed by atoms with Crippen molar-refractivity contribution in [2.24, 2.45) is 4.99 Å². The number of non-ortho nitro benzene ring substituents is 1. The third kappa shape index (κ3) is 3.95. The van der Waals surface area contributed by atoms with E-state index in [1.807, 2.05) is 22.1 Å². The van der Waals surface area contributed by atoms with Crippen molar-refractivity contribution in [1.29, 1.82) is 0 Å². The quantitative estimate of drug-likeness (QED) is 0.205. The number of allylic oxidation sites excluding steroid dienone is 1. The lowest BCUT2D eigenvalue weighted by Gasteiger charge is -2.30. The van der Waals surface area contributed by atoms with Gasteiger partial charge < -0.3 is 9.15 Å². The number of nitrogens with zero attached hydrogens (tertiary/aromatic N) is 3. The van der Waals surface area contributed by atoms with E-state index in [9.17, 15) is 14.9 Å². The lowest BCUT2D eigenvalue weighted by Crippen LogP contribution is -2.38. The second-order valence-corrected chi connectivity index (χ2v) is 11.5. The van der Waals surface area contributed by atoms with Crippen LogP contribution in [0.2, 0.25) is 0 Å². The molecule has 1 aliphatic carbocycles. The van der Waals surface area contributed by atoms with Crippen LogP contribution in [0.25, 0.3) is 23.1 Å². The minimum absolute atomic E-state index is 0.0684. The van der Waals surface area contributed by atoms with Crippen LogP contribution in [0.4, 0.5) is 5.69 Å². The first-order chi connectivity index (χ1) is 19.5. The van der Waals surface area contributed by atoms with Gasteiger partial charge in [-0.15, -0.1) is 11.3 Å². The molecule has 0 N–H and O–H groups in total. The highest BCUT2D eigenvalue weighted by Gasteiger charge is 2.33. The number of aryl methyl sites for hydroxylation is 1. The number of thiophene rings is 1. The molecule has 0 fully saturated rings. The van der Waals surface area contributed by atoms with E-state index < -0.39 is 4.92 Å². The molecule has 7 rings (SSSR count). The molecule has 5 aromatic rings. The van der Waals surface area contributed by atoms with E-state index >= 15 is 0 Å². The molecule has 0 spiro atoms. The molecule has 2 aromatic carbocycles. The number of hydrogen-bond acceptors (Lipinski definition) is 8. The maximum absolute atomic E-state index is 13.9. The predicted molar refractivity (Wildman–Crippen MR) is 154 cm³/mol. The van der Waals surface area contributed by atoms with Crippen molar-refractivity contribution in [1.82, 2.24) is 4.57 Å². The minimum Gasteiger partial charge on any atom is -0.496 e. The lowest BCUT2D eigenvalue weighted by molar-refractivity contribution is -0.384. The number of benzene rings is 2. The molecule has 0 amide bonds. The van der Waals surface area contributed by atoms with Crippen LogP contribution >= 0.6 is 22.7 Å². The average molecular weight is 568 g/mol. The summed E-state index contributed by atoms with van der Waals surface area (Å²) in [5.41, 5.74) is 4.80. The van der Waals surface area contributed by atoms with Gasteiger partial charge in [-0.1, -0.05) is 41.7 Å². The van der Waals surface area contributed by atoms with E-state index in [1.54, 1.807) is 29.5 Å². The van der Waals surface area contributed by atoms with Crippen molar-refractivity contribution in [3.05, 3.63) is 129 Å². The van der Waals surface area contributed by atoms with Crippen LogP contribution in [0, 0.1) is 10.1 Å². The molecule has 1 atom stereocenters. The van der Waals surface area contributed by atoms with Gasteiger partial charge in [-0.3, -0.25) is 19.5 Å². The first-order valence-corrected chi connectivity index (χ1v) is 14.3. The predicted octanol–water partition coefficient (Wildman–Crippen LogP) is 5.56. The van der Waals surface area contributed by atoms with Crippen molar-refractivity contribution < 1.29 is 14.1 Å². The zero-order valence-corrected chi connectivity index (χ0v) is 22.8. The Bertz CT molecular complexity index is 2010.